The van der Waals surface area contributed by atoms with E-state index < -0.39 is 0 Å². The molecule has 0 aliphatic heterocycles. The molecular formula is C22H19N5S2. The van der Waals surface area contributed by atoms with E-state index in [1.807, 2.05) is 12.1 Å². The summed E-state index contributed by atoms with van der Waals surface area (Å²) in [5.74, 6) is 1.66. The molecule has 0 aliphatic carbocycles. The second-order valence-corrected chi connectivity index (χ2v) is 8.74. The summed E-state index contributed by atoms with van der Waals surface area (Å²) in [5.41, 5.74) is 4.45. The van der Waals surface area contributed by atoms with Gasteiger partial charge in [-0.05, 0) is 35.6 Å². The van der Waals surface area contributed by atoms with Crippen molar-refractivity contribution in [3.05, 3.63) is 89.2 Å². The summed E-state index contributed by atoms with van der Waals surface area (Å²) in [5, 5.41) is 12.0. The van der Waals surface area contributed by atoms with Gasteiger partial charge in [-0.15, -0.1) is 21.5 Å². The van der Waals surface area contributed by atoms with E-state index >= 15 is 0 Å². The maximum Gasteiger partial charge on any atom is 0.192 e. The van der Waals surface area contributed by atoms with Gasteiger partial charge in [-0.1, -0.05) is 54.2 Å². The van der Waals surface area contributed by atoms with E-state index in [9.17, 15) is 0 Å². The van der Waals surface area contributed by atoms with Crippen molar-refractivity contribution in [3.63, 3.8) is 0 Å². The van der Waals surface area contributed by atoms with E-state index in [-0.39, 0.29) is 0 Å². The molecule has 0 atom stereocenters. The Balaban J connectivity index is 1.44. The van der Waals surface area contributed by atoms with E-state index in [1.165, 1.54) is 11.1 Å². The fraction of sp³-hybridized carbons (Fsp3) is 0.136. The molecule has 0 N–H and O–H groups in total. The molecule has 5 aromatic rings. The van der Waals surface area contributed by atoms with Crippen molar-refractivity contribution in [3.8, 4) is 10.7 Å². The van der Waals surface area contributed by atoms with Gasteiger partial charge < -0.3 is 4.40 Å². The first kappa shape index (κ1) is 18.1. The molecule has 4 heterocycles. The van der Waals surface area contributed by atoms with Crippen LogP contribution in [0, 0.1) is 6.92 Å². The number of fused-ring (bicyclic) bond motifs is 1. The number of pyridine rings is 1. The zero-order valence-corrected chi connectivity index (χ0v) is 17.5. The lowest BCUT2D eigenvalue weighted by atomic mass is 10.2. The van der Waals surface area contributed by atoms with Crippen LogP contribution in [-0.4, -0.2) is 24.1 Å². The van der Waals surface area contributed by atoms with Crippen molar-refractivity contribution in [1.29, 1.82) is 0 Å². The van der Waals surface area contributed by atoms with E-state index in [0.717, 1.165) is 39.5 Å². The Kier molecular flexibility index (Phi) is 4.91. The Bertz CT molecular complexity index is 1240. The third-order valence-electron chi connectivity index (χ3n) is 4.64. The number of rotatable bonds is 6. The largest absolute Gasteiger partial charge is 0.307 e. The number of imidazole rings is 1. The van der Waals surface area contributed by atoms with Crippen molar-refractivity contribution >= 4 is 28.7 Å². The highest BCUT2D eigenvalue weighted by Gasteiger charge is 2.16. The molecule has 1 aromatic carbocycles. The van der Waals surface area contributed by atoms with Crippen LogP contribution in [0.5, 0.6) is 0 Å². The van der Waals surface area contributed by atoms with Gasteiger partial charge in [-0.3, -0.25) is 4.57 Å². The van der Waals surface area contributed by atoms with E-state index in [4.69, 9.17) is 4.98 Å². The molecule has 144 valence electrons. The minimum atomic E-state index is 0.744. The summed E-state index contributed by atoms with van der Waals surface area (Å²) >= 11 is 3.36. The average Bonchev–Trinajstić information content (AvgIpc) is 3.46. The lowest BCUT2D eigenvalue weighted by Crippen LogP contribution is -2.03. The van der Waals surface area contributed by atoms with Crippen LogP contribution < -0.4 is 0 Å². The smallest absolute Gasteiger partial charge is 0.192 e. The highest BCUT2D eigenvalue weighted by molar-refractivity contribution is 7.98. The first-order chi connectivity index (χ1) is 14.3. The van der Waals surface area contributed by atoms with Gasteiger partial charge in [-0.25, -0.2) is 4.98 Å². The standard InChI is InChI=1S/C22H19N5S2/c1-16-9-10-20-23-18(14-26(20)12-16)15-29-22-25-24-21(19-8-5-11-28-19)27(22)13-17-6-3-2-4-7-17/h2-12,14H,13,15H2,1H3. The Morgan fingerprint density at radius 2 is 1.86 bits per heavy atom. The number of thiophene rings is 1. The molecule has 0 amide bonds. The van der Waals surface area contributed by atoms with Crippen molar-refractivity contribution in [2.75, 3.05) is 0 Å². The molecule has 0 saturated carbocycles. The normalized spacial score (nSPS) is 11.3. The number of aryl methyl sites for hydroxylation is 1. The van der Waals surface area contributed by atoms with Gasteiger partial charge in [0.25, 0.3) is 0 Å². The first-order valence-corrected chi connectivity index (χ1v) is 11.2. The minimum absolute atomic E-state index is 0.744. The fourth-order valence-corrected chi connectivity index (χ4v) is 4.79. The van der Waals surface area contributed by atoms with Crippen molar-refractivity contribution in [2.24, 2.45) is 0 Å². The maximum atomic E-state index is 4.73. The van der Waals surface area contributed by atoms with E-state index in [0.29, 0.717) is 0 Å². The molecule has 0 radical (unpaired) electrons. The second-order valence-electron chi connectivity index (χ2n) is 6.85. The van der Waals surface area contributed by atoms with Crippen LogP contribution in [0.15, 0.2) is 77.5 Å². The SMILES string of the molecule is Cc1ccc2nc(CSc3nnc(-c4cccs4)n3Cc3ccccc3)cn2c1. The van der Waals surface area contributed by atoms with Crippen LogP contribution in [0.25, 0.3) is 16.3 Å². The van der Waals surface area contributed by atoms with Crippen LogP contribution in [0.4, 0.5) is 0 Å². The number of hydrogen-bond acceptors (Lipinski definition) is 5. The van der Waals surface area contributed by atoms with Gasteiger partial charge in [0.15, 0.2) is 11.0 Å². The summed E-state index contributed by atoms with van der Waals surface area (Å²) in [6, 6.07) is 18.7. The van der Waals surface area contributed by atoms with Crippen LogP contribution in [0.1, 0.15) is 16.8 Å². The van der Waals surface area contributed by atoms with Gasteiger partial charge in [0.2, 0.25) is 0 Å². The minimum Gasteiger partial charge on any atom is -0.307 e. The Morgan fingerprint density at radius 1 is 0.966 bits per heavy atom. The predicted octanol–water partition coefficient (Wildman–Crippen LogP) is 5.30. The molecule has 29 heavy (non-hydrogen) atoms. The highest BCUT2D eigenvalue weighted by Crippen LogP contribution is 2.29. The molecule has 0 fully saturated rings. The first-order valence-electron chi connectivity index (χ1n) is 9.34. The van der Waals surface area contributed by atoms with Crippen LogP contribution >= 0.6 is 23.1 Å². The quantitative estimate of drug-likeness (QED) is 0.352. The second kappa shape index (κ2) is 7.85. The van der Waals surface area contributed by atoms with Gasteiger partial charge in [0.05, 0.1) is 17.1 Å². The number of thioether (sulfide) groups is 1. The Labute approximate surface area is 177 Å². The molecule has 0 bridgehead atoms. The number of nitrogens with zero attached hydrogens (tertiary/aromatic N) is 5. The third kappa shape index (κ3) is 3.83. The molecule has 5 rings (SSSR count). The van der Waals surface area contributed by atoms with Crippen molar-refractivity contribution < 1.29 is 0 Å². The maximum absolute atomic E-state index is 4.73. The van der Waals surface area contributed by atoms with Gasteiger partial charge in [0, 0.05) is 18.1 Å². The molecule has 4 aromatic heterocycles. The highest BCUT2D eigenvalue weighted by atomic mass is 32.2. The average molecular weight is 418 g/mol. The van der Waals surface area contributed by atoms with Crippen molar-refractivity contribution in [1.82, 2.24) is 24.1 Å². The third-order valence-corrected chi connectivity index (χ3v) is 6.51. The fourth-order valence-electron chi connectivity index (χ4n) is 3.26. The molecule has 7 heteroatoms. The van der Waals surface area contributed by atoms with Crippen LogP contribution in [-0.2, 0) is 12.3 Å². The summed E-state index contributed by atoms with van der Waals surface area (Å²) in [6.07, 6.45) is 4.19. The lowest BCUT2D eigenvalue weighted by molar-refractivity contribution is 0.715. The Hall–Kier alpha value is -2.90. The number of hydrogen-bond donors (Lipinski definition) is 0. The Morgan fingerprint density at radius 3 is 2.69 bits per heavy atom. The van der Waals surface area contributed by atoms with Crippen LogP contribution in [0.3, 0.4) is 0 Å². The van der Waals surface area contributed by atoms with E-state index in [1.54, 1.807) is 23.1 Å². The number of aromatic nitrogens is 5. The van der Waals surface area contributed by atoms with Crippen molar-refractivity contribution in [2.45, 2.75) is 24.4 Å². The zero-order valence-electron chi connectivity index (χ0n) is 15.9. The molecule has 0 spiro atoms. The summed E-state index contributed by atoms with van der Waals surface area (Å²) < 4.78 is 4.28. The molecular weight excluding hydrogens is 398 g/mol. The predicted molar refractivity (Wildman–Crippen MR) is 118 cm³/mol. The molecule has 0 saturated heterocycles. The van der Waals surface area contributed by atoms with Gasteiger partial charge >= 0.3 is 0 Å². The summed E-state index contributed by atoms with van der Waals surface area (Å²) in [4.78, 5) is 5.85. The van der Waals surface area contributed by atoms with Gasteiger partial charge in [0.1, 0.15) is 5.65 Å². The van der Waals surface area contributed by atoms with E-state index in [2.05, 4.69) is 86.3 Å². The molecule has 0 unspecified atom stereocenters. The lowest BCUT2D eigenvalue weighted by Gasteiger charge is -2.09. The summed E-state index contributed by atoms with van der Waals surface area (Å²) in [6.45, 7) is 2.83. The van der Waals surface area contributed by atoms with Gasteiger partial charge in [-0.2, -0.15) is 0 Å². The van der Waals surface area contributed by atoms with Crippen LogP contribution in [0.2, 0.25) is 0 Å². The molecule has 0 aliphatic rings. The zero-order chi connectivity index (χ0) is 19.6. The number of benzene rings is 1. The molecule has 5 nitrogen and oxygen atoms in total. The topological polar surface area (TPSA) is 48.0 Å². The monoisotopic (exact) mass is 417 g/mol. The summed E-state index contributed by atoms with van der Waals surface area (Å²) in [7, 11) is 0.